The Morgan fingerprint density at radius 1 is 1.30 bits per heavy atom. The number of carbonyl (C=O) groups is 1. The molecule has 1 heterocycles. The van der Waals surface area contributed by atoms with Gasteiger partial charge in [0.2, 0.25) is 5.91 Å². The van der Waals surface area contributed by atoms with E-state index in [0.717, 1.165) is 38.9 Å². The molecular formula is C16H31N3O. The summed E-state index contributed by atoms with van der Waals surface area (Å²) in [5, 5.41) is 3.16. The summed E-state index contributed by atoms with van der Waals surface area (Å²) < 4.78 is 0. The van der Waals surface area contributed by atoms with Crippen LogP contribution in [0.25, 0.3) is 0 Å². The van der Waals surface area contributed by atoms with Crippen LogP contribution in [0, 0.1) is 17.8 Å². The number of nitrogens with one attached hydrogen (secondary N) is 1. The number of hydrogen-bond acceptors (Lipinski definition) is 3. The molecule has 0 bridgehead atoms. The fraction of sp³-hybridized carbons (Fsp3) is 0.938. The molecule has 1 saturated carbocycles. The minimum Gasteiger partial charge on any atom is -0.356 e. The van der Waals surface area contributed by atoms with E-state index in [-0.39, 0.29) is 11.8 Å². The van der Waals surface area contributed by atoms with Crippen LogP contribution in [0.3, 0.4) is 0 Å². The van der Waals surface area contributed by atoms with E-state index in [1.807, 2.05) is 0 Å². The second-order valence-corrected chi connectivity index (χ2v) is 6.82. The van der Waals surface area contributed by atoms with E-state index in [9.17, 15) is 4.79 Å². The molecule has 0 radical (unpaired) electrons. The van der Waals surface area contributed by atoms with E-state index in [1.165, 1.54) is 32.4 Å². The molecule has 1 aliphatic heterocycles. The van der Waals surface area contributed by atoms with Crippen molar-refractivity contribution in [3.63, 3.8) is 0 Å². The molecule has 20 heavy (non-hydrogen) atoms. The lowest BCUT2D eigenvalue weighted by Crippen LogP contribution is -2.39. The highest BCUT2D eigenvalue weighted by atomic mass is 16.1. The van der Waals surface area contributed by atoms with Gasteiger partial charge in [0.25, 0.3) is 0 Å². The summed E-state index contributed by atoms with van der Waals surface area (Å²) in [4.78, 5) is 14.8. The summed E-state index contributed by atoms with van der Waals surface area (Å²) in [6.45, 7) is 7.38. The summed E-state index contributed by atoms with van der Waals surface area (Å²) >= 11 is 0. The number of amides is 1. The van der Waals surface area contributed by atoms with E-state index in [2.05, 4.69) is 17.1 Å². The lowest BCUT2D eigenvalue weighted by atomic mass is 9.81. The number of hydrogen-bond donors (Lipinski definition) is 2. The van der Waals surface area contributed by atoms with Gasteiger partial charge in [-0.05, 0) is 63.6 Å². The van der Waals surface area contributed by atoms with Gasteiger partial charge in [-0.25, -0.2) is 0 Å². The molecule has 1 aliphatic carbocycles. The summed E-state index contributed by atoms with van der Waals surface area (Å²) in [5.74, 6) is 1.57. The summed E-state index contributed by atoms with van der Waals surface area (Å²) in [6, 6.07) is 0. The number of likely N-dealkylation sites (tertiary alicyclic amines) is 1. The maximum atomic E-state index is 12.2. The number of nitrogens with zero attached hydrogens (tertiary/aromatic N) is 1. The predicted octanol–water partition coefficient (Wildman–Crippen LogP) is 1.60. The molecule has 1 amide bonds. The molecule has 3 unspecified atom stereocenters. The van der Waals surface area contributed by atoms with Crippen molar-refractivity contribution in [3.05, 3.63) is 0 Å². The van der Waals surface area contributed by atoms with Gasteiger partial charge in [0.15, 0.2) is 0 Å². The third-order valence-corrected chi connectivity index (χ3v) is 4.88. The summed E-state index contributed by atoms with van der Waals surface area (Å²) in [6.07, 6.45) is 7.06. The van der Waals surface area contributed by atoms with Gasteiger partial charge in [0.05, 0.1) is 0 Å². The van der Waals surface area contributed by atoms with E-state index in [1.54, 1.807) is 0 Å². The monoisotopic (exact) mass is 281 g/mol. The highest BCUT2D eigenvalue weighted by Crippen LogP contribution is 2.28. The Morgan fingerprint density at radius 3 is 2.75 bits per heavy atom. The minimum absolute atomic E-state index is 0.205. The molecule has 4 heteroatoms. The van der Waals surface area contributed by atoms with Crippen molar-refractivity contribution in [2.75, 3.05) is 32.7 Å². The first kappa shape index (κ1) is 15.8. The van der Waals surface area contributed by atoms with Crippen LogP contribution >= 0.6 is 0 Å². The van der Waals surface area contributed by atoms with Gasteiger partial charge in [-0.15, -0.1) is 0 Å². The lowest BCUT2D eigenvalue weighted by molar-refractivity contribution is -0.126. The number of carbonyl (C=O) groups excluding carboxylic acids is 1. The van der Waals surface area contributed by atoms with Gasteiger partial charge in [0, 0.05) is 19.0 Å². The van der Waals surface area contributed by atoms with E-state index in [4.69, 9.17) is 5.73 Å². The van der Waals surface area contributed by atoms with Crippen molar-refractivity contribution in [1.82, 2.24) is 10.2 Å². The minimum atomic E-state index is 0.205. The van der Waals surface area contributed by atoms with Crippen LogP contribution in [-0.2, 0) is 4.79 Å². The molecule has 4 nitrogen and oxygen atoms in total. The highest BCUT2D eigenvalue weighted by Gasteiger charge is 2.26. The Hall–Kier alpha value is -0.610. The van der Waals surface area contributed by atoms with Gasteiger partial charge >= 0.3 is 0 Å². The second kappa shape index (κ2) is 7.99. The van der Waals surface area contributed by atoms with Gasteiger partial charge in [-0.3, -0.25) is 4.79 Å². The van der Waals surface area contributed by atoms with E-state index in [0.29, 0.717) is 11.8 Å². The average molecular weight is 281 g/mol. The highest BCUT2D eigenvalue weighted by molar-refractivity contribution is 5.78. The van der Waals surface area contributed by atoms with Crippen molar-refractivity contribution >= 4 is 5.91 Å². The molecule has 2 fully saturated rings. The molecule has 0 aromatic heterocycles. The normalized spacial score (nSPS) is 29.3. The largest absolute Gasteiger partial charge is 0.356 e. The lowest BCUT2D eigenvalue weighted by Gasteiger charge is -2.28. The van der Waals surface area contributed by atoms with Crippen molar-refractivity contribution < 1.29 is 4.79 Å². The quantitative estimate of drug-likeness (QED) is 0.777. The van der Waals surface area contributed by atoms with Crippen molar-refractivity contribution in [3.8, 4) is 0 Å². The number of rotatable bonds is 6. The van der Waals surface area contributed by atoms with Gasteiger partial charge in [-0.1, -0.05) is 13.3 Å². The molecular weight excluding hydrogens is 250 g/mol. The first-order chi connectivity index (χ1) is 9.69. The maximum Gasteiger partial charge on any atom is 0.223 e. The zero-order valence-electron chi connectivity index (χ0n) is 12.9. The fourth-order valence-electron chi connectivity index (χ4n) is 3.63. The first-order valence-electron chi connectivity index (χ1n) is 8.39. The molecule has 0 spiro atoms. The second-order valence-electron chi connectivity index (χ2n) is 6.82. The average Bonchev–Trinajstić information content (AvgIpc) is 2.97. The van der Waals surface area contributed by atoms with Crippen LogP contribution in [0.1, 0.15) is 45.4 Å². The Balaban J connectivity index is 1.65. The first-order valence-corrected chi connectivity index (χ1v) is 8.39. The van der Waals surface area contributed by atoms with Crippen molar-refractivity contribution in [2.45, 2.75) is 45.4 Å². The molecule has 116 valence electrons. The number of nitrogens with two attached hydrogens (primary N) is 1. The Kier molecular flexibility index (Phi) is 6.30. The standard InChI is InChI=1S/C16H31N3O/c1-13(12-19-7-2-3-8-19)11-18-16(20)15-6-4-5-14(9-15)10-17/h13-15H,2-12,17H2,1H3,(H,18,20). The molecule has 1 saturated heterocycles. The van der Waals surface area contributed by atoms with Crippen LogP contribution in [0.5, 0.6) is 0 Å². The van der Waals surface area contributed by atoms with Crippen LogP contribution in [0.4, 0.5) is 0 Å². The zero-order chi connectivity index (χ0) is 14.4. The smallest absolute Gasteiger partial charge is 0.223 e. The van der Waals surface area contributed by atoms with Crippen molar-refractivity contribution in [1.29, 1.82) is 0 Å². The molecule has 3 N–H and O–H groups in total. The topological polar surface area (TPSA) is 58.4 Å². The van der Waals surface area contributed by atoms with Crippen LogP contribution in [-0.4, -0.2) is 43.5 Å². The molecule has 0 aromatic rings. The molecule has 0 aromatic carbocycles. The molecule has 2 rings (SSSR count). The maximum absolute atomic E-state index is 12.2. The fourth-order valence-corrected chi connectivity index (χ4v) is 3.63. The van der Waals surface area contributed by atoms with Gasteiger partial charge in [0.1, 0.15) is 0 Å². The van der Waals surface area contributed by atoms with Gasteiger partial charge < -0.3 is 16.0 Å². The molecule has 3 atom stereocenters. The molecule has 2 aliphatic rings. The zero-order valence-corrected chi connectivity index (χ0v) is 12.9. The van der Waals surface area contributed by atoms with Crippen LogP contribution in [0.15, 0.2) is 0 Å². The predicted molar refractivity (Wildman–Crippen MR) is 82.4 cm³/mol. The van der Waals surface area contributed by atoms with E-state index < -0.39 is 0 Å². The Morgan fingerprint density at radius 2 is 2.05 bits per heavy atom. The third kappa shape index (κ3) is 4.74. The van der Waals surface area contributed by atoms with E-state index >= 15 is 0 Å². The Bertz CT molecular complexity index is 302. The van der Waals surface area contributed by atoms with Crippen LogP contribution < -0.4 is 11.1 Å². The summed E-state index contributed by atoms with van der Waals surface area (Å²) in [5.41, 5.74) is 5.74. The summed E-state index contributed by atoms with van der Waals surface area (Å²) in [7, 11) is 0. The SMILES string of the molecule is CC(CNC(=O)C1CCCC(CN)C1)CN1CCCC1. The third-order valence-electron chi connectivity index (χ3n) is 4.88. The van der Waals surface area contributed by atoms with Crippen molar-refractivity contribution in [2.24, 2.45) is 23.5 Å². The van der Waals surface area contributed by atoms with Crippen LogP contribution in [0.2, 0.25) is 0 Å². The van der Waals surface area contributed by atoms with Gasteiger partial charge in [-0.2, -0.15) is 0 Å². The Labute approximate surface area is 123 Å².